The van der Waals surface area contributed by atoms with Gasteiger partial charge in [-0.3, -0.25) is 9.59 Å². The number of nitrogens with zero attached hydrogens (tertiary/aromatic N) is 1. The van der Waals surface area contributed by atoms with Crippen molar-refractivity contribution in [3.05, 3.63) is 59.7 Å². The third-order valence-electron chi connectivity index (χ3n) is 5.99. The van der Waals surface area contributed by atoms with Gasteiger partial charge in [0.2, 0.25) is 0 Å². The maximum atomic E-state index is 12.3. The monoisotopic (exact) mass is 493 g/mol. The molecule has 0 aromatic heterocycles. The standard InChI is InChI=1S/C29H35NO6/c1-34-28-19-22(9-13-26(28)33)7-11-24(31)21-25(32)12-8-23-10-14-27(29(20-23)35-2)36-18-6-17-30-15-4-3-5-16-30/h7-14,19-20,33H,3-6,15-18,21H2,1-2H3/b11-7+,12-8+. The predicted molar refractivity (Wildman–Crippen MR) is 141 cm³/mol. The number of benzene rings is 2. The molecule has 0 atom stereocenters. The van der Waals surface area contributed by atoms with Crippen LogP contribution >= 0.6 is 0 Å². The van der Waals surface area contributed by atoms with E-state index in [9.17, 15) is 14.7 Å². The number of hydrogen-bond donors (Lipinski definition) is 1. The van der Waals surface area contributed by atoms with Gasteiger partial charge in [0.1, 0.15) is 0 Å². The number of ether oxygens (including phenoxy) is 3. The minimum absolute atomic E-state index is 0.0189. The first-order chi connectivity index (χ1) is 17.5. The molecule has 1 aliphatic heterocycles. The minimum Gasteiger partial charge on any atom is -0.504 e. The van der Waals surface area contributed by atoms with Gasteiger partial charge in [-0.2, -0.15) is 0 Å². The summed E-state index contributed by atoms with van der Waals surface area (Å²) < 4.78 is 16.4. The van der Waals surface area contributed by atoms with Gasteiger partial charge in [0.05, 0.1) is 27.2 Å². The molecule has 1 saturated heterocycles. The Labute approximate surface area is 213 Å². The second kappa shape index (κ2) is 14.1. The lowest BCUT2D eigenvalue weighted by atomic mass is 10.1. The van der Waals surface area contributed by atoms with Crippen molar-refractivity contribution < 1.29 is 28.9 Å². The molecule has 7 nitrogen and oxygen atoms in total. The summed E-state index contributed by atoms with van der Waals surface area (Å²) in [5, 5.41) is 9.64. The molecule has 0 spiro atoms. The van der Waals surface area contributed by atoms with Gasteiger partial charge in [-0.1, -0.05) is 30.7 Å². The van der Waals surface area contributed by atoms with Crippen LogP contribution in [0.4, 0.5) is 0 Å². The molecule has 2 aromatic carbocycles. The molecule has 1 heterocycles. The molecule has 1 fully saturated rings. The first-order valence-electron chi connectivity index (χ1n) is 12.3. The number of phenols is 1. The highest BCUT2D eigenvalue weighted by Crippen LogP contribution is 2.29. The van der Waals surface area contributed by atoms with Crippen LogP contribution in [0.3, 0.4) is 0 Å². The van der Waals surface area contributed by atoms with Crippen LogP contribution in [0.1, 0.15) is 43.2 Å². The Balaban J connectivity index is 1.47. The van der Waals surface area contributed by atoms with E-state index in [-0.39, 0.29) is 23.7 Å². The van der Waals surface area contributed by atoms with E-state index < -0.39 is 0 Å². The molecular weight excluding hydrogens is 458 g/mol. The van der Waals surface area contributed by atoms with Crippen LogP contribution < -0.4 is 14.2 Å². The smallest absolute Gasteiger partial charge is 0.163 e. The summed E-state index contributed by atoms with van der Waals surface area (Å²) in [4.78, 5) is 26.9. The summed E-state index contributed by atoms with van der Waals surface area (Å²) in [7, 11) is 3.04. The molecule has 0 aliphatic carbocycles. The second-order valence-corrected chi connectivity index (χ2v) is 8.72. The van der Waals surface area contributed by atoms with Crippen LogP contribution in [0.25, 0.3) is 12.2 Å². The minimum atomic E-state index is -0.317. The number of carbonyl (C=O) groups excluding carboxylic acids is 2. The van der Waals surface area contributed by atoms with Crippen LogP contribution in [-0.2, 0) is 9.59 Å². The van der Waals surface area contributed by atoms with Crippen molar-refractivity contribution in [2.24, 2.45) is 0 Å². The number of methoxy groups -OCH3 is 2. The molecule has 1 aliphatic rings. The zero-order valence-electron chi connectivity index (χ0n) is 21.1. The second-order valence-electron chi connectivity index (χ2n) is 8.72. The van der Waals surface area contributed by atoms with Crippen molar-refractivity contribution in [1.29, 1.82) is 0 Å². The van der Waals surface area contributed by atoms with Gasteiger partial charge >= 0.3 is 0 Å². The van der Waals surface area contributed by atoms with E-state index >= 15 is 0 Å². The maximum absolute atomic E-state index is 12.3. The molecule has 36 heavy (non-hydrogen) atoms. The highest BCUT2D eigenvalue weighted by Gasteiger charge is 2.10. The summed E-state index contributed by atoms with van der Waals surface area (Å²) in [6, 6.07) is 10.2. The first kappa shape index (κ1) is 27.0. The molecule has 0 amide bonds. The molecular formula is C29H35NO6. The topological polar surface area (TPSA) is 85.3 Å². The molecule has 0 radical (unpaired) electrons. The third kappa shape index (κ3) is 8.57. The van der Waals surface area contributed by atoms with Crippen molar-refractivity contribution in [3.63, 3.8) is 0 Å². The zero-order chi connectivity index (χ0) is 25.8. The van der Waals surface area contributed by atoms with Gasteiger partial charge in [-0.05, 0) is 79.9 Å². The van der Waals surface area contributed by atoms with E-state index in [2.05, 4.69) is 4.90 Å². The Kier molecular flexibility index (Phi) is 10.6. The van der Waals surface area contributed by atoms with Crippen LogP contribution in [-0.4, -0.2) is 62.0 Å². The van der Waals surface area contributed by atoms with Gasteiger partial charge in [0.15, 0.2) is 34.6 Å². The van der Waals surface area contributed by atoms with Gasteiger partial charge in [-0.15, -0.1) is 0 Å². The fourth-order valence-corrected chi connectivity index (χ4v) is 4.03. The highest BCUT2D eigenvalue weighted by molar-refractivity contribution is 6.10. The number of allylic oxidation sites excluding steroid dienone is 2. The van der Waals surface area contributed by atoms with Crippen LogP contribution in [0.2, 0.25) is 0 Å². The number of piperidine rings is 1. The lowest BCUT2D eigenvalue weighted by molar-refractivity contribution is -0.121. The summed E-state index contributed by atoms with van der Waals surface area (Å²) in [5.41, 5.74) is 1.46. The van der Waals surface area contributed by atoms with E-state index in [0.717, 1.165) is 18.5 Å². The zero-order valence-corrected chi connectivity index (χ0v) is 21.1. The van der Waals surface area contributed by atoms with E-state index in [4.69, 9.17) is 14.2 Å². The molecule has 1 N–H and O–H groups in total. The number of rotatable bonds is 13. The van der Waals surface area contributed by atoms with Gasteiger partial charge in [-0.25, -0.2) is 0 Å². The number of carbonyl (C=O) groups is 2. The Morgan fingerprint density at radius 3 is 2.11 bits per heavy atom. The summed E-state index contributed by atoms with van der Waals surface area (Å²) in [6.07, 6.45) is 10.6. The van der Waals surface area contributed by atoms with E-state index in [1.165, 1.54) is 57.7 Å². The third-order valence-corrected chi connectivity index (χ3v) is 5.99. The number of hydrogen-bond acceptors (Lipinski definition) is 7. The van der Waals surface area contributed by atoms with Crippen LogP contribution in [0.5, 0.6) is 23.0 Å². The largest absolute Gasteiger partial charge is 0.504 e. The predicted octanol–water partition coefficient (Wildman–Crippen LogP) is 4.92. The van der Waals surface area contributed by atoms with Crippen molar-refractivity contribution in [3.8, 4) is 23.0 Å². The average Bonchev–Trinajstić information content (AvgIpc) is 2.90. The van der Waals surface area contributed by atoms with Crippen molar-refractivity contribution >= 4 is 23.7 Å². The van der Waals surface area contributed by atoms with Crippen molar-refractivity contribution in [2.45, 2.75) is 32.1 Å². The van der Waals surface area contributed by atoms with Crippen molar-refractivity contribution in [2.75, 3.05) is 40.5 Å². The Hall–Kier alpha value is -3.58. The number of ketones is 2. The van der Waals surface area contributed by atoms with Gasteiger partial charge < -0.3 is 24.2 Å². The lowest BCUT2D eigenvalue weighted by Crippen LogP contribution is -2.31. The molecule has 0 bridgehead atoms. The summed E-state index contributed by atoms with van der Waals surface area (Å²) in [5.74, 6) is 0.988. The van der Waals surface area contributed by atoms with E-state index in [0.29, 0.717) is 29.4 Å². The molecule has 3 rings (SSSR count). The molecule has 0 saturated carbocycles. The SMILES string of the molecule is COc1cc(/C=C/C(=O)CC(=O)/C=C/c2ccc(OCCCN3CCCCC3)c(OC)c2)ccc1O. The lowest BCUT2D eigenvalue weighted by Gasteiger charge is -2.26. The molecule has 7 heteroatoms. The van der Waals surface area contributed by atoms with Crippen molar-refractivity contribution in [1.82, 2.24) is 4.90 Å². The Morgan fingerprint density at radius 2 is 1.47 bits per heavy atom. The quantitative estimate of drug-likeness (QED) is 0.241. The van der Waals surface area contributed by atoms with Crippen LogP contribution in [0.15, 0.2) is 48.6 Å². The normalized spacial score (nSPS) is 14.3. The van der Waals surface area contributed by atoms with E-state index in [1.807, 2.05) is 18.2 Å². The van der Waals surface area contributed by atoms with Crippen LogP contribution in [0, 0.1) is 0 Å². The number of phenolic OH excluding ortho intramolecular Hbond substituents is 1. The molecule has 192 valence electrons. The fraction of sp³-hybridized carbons (Fsp3) is 0.379. The summed E-state index contributed by atoms with van der Waals surface area (Å²) >= 11 is 0. The number of likely N-dealkylation sites (tertiary alicyclic amines) is 1. The summed E-state index contributed by atoms with van der Waals surface area (Å²) in [6.45, 7) is 4.02. The molecule has 0 unspecified atom stereocenters. The number of aromatic hydroxyl groups is 1. The maximum Gasteiger partial charge on any atom is 0.163 e. The van der Waals surface area contributed by atoms with E-state index in [1.54, 1.807) is 31.4 Å². The fourth-order valence-electron chi connectivity index (χ4n) is 4.03. The van der Waals surface area contributed by atoms with Gasteiger partial charge in [0, 0.05) is 6.54 Å². The highest BCUT2D eigenvalue weighted by atomic mass is 16.5. The van der Waals surface area contributed by atoms with Gasteiger partial charge in [0.25, 0.3) is 0 Å². The Morgan fingerprint density at radius 1 is 0.861 bits per heavy atom. The molecule has 2 aromatic rings. The Bertz CT molecular complexity index is 1090. The average molecular weight is 494 g/mol. The first-order valence-corrected chi connectivity index (χ1v) is 12.3.